The van der Waals surface area contributed by atoms with Gasteiger partial charge in [-0.1, -0.05) is 37.3 Å². The minimum absolute atomic E-state index is 0. The zero-order valence-corrected chi connectivity index (χ0v) is 9.26. The molecule has 0 aliphatic carbocycles. The van der Waals surface area contributed by atoms with Crippen molar-refractivity contribution in [3.63, 3.8) is 0 Å². The highest BCUT2D eigenvalue weighted by atomic mass is 35.5. The molecule has 1 rings (SSSR count). The molecule has 0 aliphatic rings. The molecular weight excluding hydrogens is 198 g/mol. The third kappa shape index (κ3) is 4.61. The fraction of sp³-hybridized carbons (Fsp3) is 0.455. The van der Waals surface area contributed by atoms with Gasteiger partial charge in [0.05, 0.1) is 6.61 Å². The molecule has 0 bridgehead atoms. The average Bonchev–Trinajstić information content (AvgIpc) is 2.21. The Balaban J connectivity index is 0.00000169. The van der Waals surface area contributed by atoms with E-state index in [1.807, 2.05) is 18.2 Å². The SMILES string of the molecule is CCC(CO)NCc1ccccc1.Cl. The predicted molar refractivity (Wildman–Crippen MR) is 61.7 cm³/mol. The van der Waals surface area contributed by atoms with Crippen molar-refractivity contribution in [2.75, 3.05) is 6.61 Å². The van der Waals surface area contributed by atoms with Gasteiger partial charge < -0.3 is 10.4 Å². The number of aliphatic hydroxyl groups excluding tert-OH is 1. The van der Waals surface area contributed by atoms with Crippen molar-refractivity contribution in [2.24, 2.45) is 0 Å². The minimum atomic E-state index is 0. The highest BCUT2D eigenvalue weighted by Crippen LogP contribution is 1.99. The molecule has 0 aliphatic heterocycles. The second-order valence-corrected chi connectivity index (χ2v) is 3.15. The van der Waals surface area contributed by atoms with Crippen LogP contribution in [0.2, 0.25) is 0 Å². The Kier molecular flexibility index (Phi) is 7.48. The molecular formula is C11H18ClNO. The smallest absolute Gasteiger partial charge is 0.0584 e. The van der Waals surface area contributed by atoms with Crippen molar-refractivity contribution in [2.45, 2.75) is 25.9 Å². The maximum atomic E-state index is 8.94. The summed E-state index contributed by atoms with van der Waals surface area (Å²) in [5.41, 5.74) is 1.26. The van der Waals surface area contributed by atoms with Crippen LogP contribution in [0, 0.1) is 0 Å². The van der Waals surface area contributed by atoms with E-state index in [4.69, 9.17) is 5.11 Å². The number of hydrogen-bond donors (Lipinski definition) is 2. The second kappa shape index (κ2) is 7.80. The van der Waals surface area contributed by atoms with E-state index in [2.05, 4.69) is 24.4 Å². The number of halogens is 1. The van der Waals surface area contributed by atoms with Crippen molar-refractivity contribution in [1.82, 2.24) is 5.32 Å². The number of nitrogens with one attached hydrogen (secondary N) is 1. The molecule has 80 valence electrons. The number of hydrogen-bond acceptors (Lipinski definition) is 2. The van der Waals surface area contributed by atoms with E-state index >= 15 is 0 Å². The number of benzene rings is 1. The van der Waals surface area contributed by atoms with Crippen molar-refractivity contribution < 1.29 is 5.11 Å². The molecule has 0 saturated carbocycles. The third-order valence-electron chi connectivity index (χ3n) is 2.15. The van der Waals surface area contributed by atoms with Gasteiger partial charge in [-0.15, -0.1) is 12.4 Å². The maximum Gasteiger partial charge on any atom is 0.0584 e. The van der Waals surface area contributed by atoms with Crippen LogP contribution in [0.1, 0.15) is 18.9 Å². The monoisotopic (exact) mass is 215 g/mol. The Hall–Kier alpha value is -0.570. The molecule has 2 nitrogen and oxygen atoms in total. The molecule has 0 heterocycles. The van der Waals surface area contributed by atoms with E-state index < -0.39 is 0 Å². The molecule has 3 heteroatoms. The molecule has 14 heavy (non-hydrogen) atoms. The summed E-state index contributed by atoms with van der Waals surface area (Å²) in [5.74, 6) is 0. The van der Waals surface area contributed by atoms with Gasteiger partial charge in [0.25, 0.3) is 0 Å². The fourth-order valence-corrected chi connectivity index (χ4v) is 1.20. The Morgan fingerprint density at radius 3 is 2.43 bits per heavy atom. The highest BCUT2D eigenvalue weighted by molar-refractivity contribution is 5.85. The van der Waals surface area contributed by atoms with Crippen molar-refractivity contribution in [1.29, 1.82) is 0 Å². The molecule has 0 fully saturated rings. The van der Waals surface area contributed by atoms with E-state index in [1.54, 1.807) is 0 Å². The zero-order valence-electron chi connectivity index (χ0n) is 8.44. The van der Waals surface area contributed by atoms with E-state index in [1.165, 1.54) is 5.56 Å². The molecule has 1 atom stereocenters. The zero-order chi connectivity index (χ0) is 9.52. The summed E-state index contributed by atoms with van der Waals surface area (Å²) in [6, 6.07) is 10.4. The lowest BCUT2D eigenvalue weighted by Gasteiger charge is -2.13. The molecule has 0 spiro atoms. The first-order valence-corrected chi connectivity index (χ1v) is 4.75. The number of rotatable bonds is 5. The van der Waals surface area contributed by atoms with Crippen LogP contribution in [0.3, 0.4) is 0 Å². The lowest BCUT2D eigenvalue weighted by Crippen LogP contribution is -2.31. The lowest BCUT2D eigenvalue weighted by atomic mass is 10.2. The first kappa shape index (κ1) is 13.4. The summed E-state index contributed by atoms with van der Waals surface area (Å²) >= 11 is 0. The second-order valence-electron chi connectivity index (χ2n) is 3.15. The van der Waals surface area contributed by atoms with Gasteiger partial charge in [0.15, 0.2) is 0 Å². The Bertz CT molecular complexity index is 224. The summed E-state index contributed by atoms with van der Waals surface area (Å²) in [7, 11) is 0. The molecule has 0 radical (unpaired) electrons. The number of aliphatic hydroxyl groups is 1. The van der Waals surface area contributed by atoms with Crippen LogP contribution < -0.4 is 5.32 Å². The molecule has 0 saturated heterocycles. The molecule has 0 aromatic heterocycles. The van der Waals surface area contributed by atoms with Crippen molar-refractivity contribution >= 4 is 12.4 Å². The summed E-state index contributed by atoms with van der Waals surface area (Å²) < 4.78 is 0. The van der Waals surface area contributed by atoms with Crippen LogP contribution in [0.15, 0.2) is 30.3 Å². The Morgan fingerprint density at radius 1 is 1.29 bits per heavy atom. The summed E-state index contributed by atoms with van der Waals surface area (Å²) in [5, 5.41) is 12.2. The van der Waals surface area contributed by atoms with Crippen LogP contribution in [0.4, 0.5) is 0 Å². The van der Waals surface area contributed by atoms with Crippen LogP contribution in [0.25, 0.3) is 0 Å². The molecule has 1 aromatic rings. The van der Waals surface area contributed by atoms with Gasteiger partial charge in [0.2, 0.25) is 0 Å². The van der Waals surface area contributed by atoms with Gasteiger partial charge in [-0.3, -0.25) is 0 Å². The Labute approximate surface area is 91.8 Å². The molecule has 2 N–H and O–H groups in total. The molecule has 1 unspecified atom stereocenters. The standard InChI is InChI=1S/C11H17NO.ClH/c1-2-11(9-13)12-8-10-6-4-3-5-7-10;/h3-7,11-13H,2,8-9H2,1H3;1H. The van der Waals surface area contributed by atoms with Crippen LogP contribution in [-0.2, 0) is 6.54 Å². The highest BCUT2D eigenvalue weighted by Gasteiger charge is 2.01. The maximum absolute atomic E-state index is 8.94. The molecule has 1 aromatic carbocycles. The average molecular weight is 216 g/mol. The van der Waals surface area contributed by atoms with E-state index in [9.17, 15) is 0 Å². The fourth-order valence-electron chi connectivity index (χ4n) is 1.20. The summed E-state index contributed by atoms with van der Waals surface area (Å²) in [6.07, 6.45) is 0.962. The first-order valence-electron chi connectivity index (χ1n) is 4.75. The van der Waals surface area contributed by atoms with Crippen molar-refractivity contribution in [3.05, 3.63) is 35.9 Å². The van der Waals surface area contributed by atoms with Gasteiger partial charge >= 0.3 is 0 Å². The molecule has 0 amide bonds. The lowest BCUT2D eigenvalue weighted by molar-refractivity contribution is 0.238. The quantitative estimate of drug-likeness (QED) is 0.787. The summed E-state index contributed by atoms with van der Waals surface area (Å²) in [4.78, 5) is 0. The minimum Gasteiger partial charge on any atom is -0.395 e. The third-order valence-corrected chi connectivity index (χ3v) is 2.15. The van der Waals surface area contributed by atoms with E-state index in [0.29, 0.717) is 0 Å². The van der Waals surface area contributed by atoms with Gasteiger partial charge in [-0.05, 0) is 12.0 Å². The Morgan fingerprint density at radius 2 is 1.93 bits per heavy atom. The van der Waals surface area contributed by atoms with Gasteiger partial charge in [0, 0.05) is 12.6 Å². The first-order chi connectivity index (χ1) is 6.36. The van der Waals surface area contributed by atoms with Crippen LogP contribution in [0.5, 0.6) is 0 Å². The summed E-state index contributed by atoms with van der Waals surface area (Å²) in [6.45, 7) is 3.11. The topological polar surface area (TPSA) is 32.3 Å². The van der Waals surface area contributed by atoms with Gasteiger partial charge in [0.1, 0.15) is 0 Å². The predicted octanol–water partition coefficient (Wildman–Crippen LogP) is 1.97. The van der Waals surface area contributed by atoms with E-state index in [0.717, 1.165) is 13.0 Å². The normalized spacial score (nSPS) is 11.9. The largest absolute Gasteiger partial charge is 0.395 e. The van der Waals surface area contributed by atoms with Gasteiger partial charge in [-0.25, -0.2) is 0 Å². The van der Waals surface area contributed by atoms with Crippen LogP contribution in [-0.4, -0.2) is 17.8 Å². The van der Waals surface area contributed by atoms with Crippen molar-refractivity contribution in [3.8, 4) is 0 Å². The van der Waals surface area contributed by atoms with Crippen LogP contribution >= 0.6 is 12.4 Å². The van der Waals surface area contributed by atoms with E-state index in [-0.39, 0.29) is 25.1 Å². The van der Waals surface area contributed by atoms with Gasteiger partial charge in [-0.2, -0.15) is 0 Å².